The first-order chi connectivity index (χ1) is 13.3. The minimum absolute atomic E-state index is 0.244. The van der Waals surface area contributed by atoms with Crippen molar-refractivity contribution in [1.29, 1.82) is 0 Å². The molecular formula is C16H29N5O8. The highest BCUT2D eigenvalue weighted by atomic mass is 16.4. The Hall–Kier alpha value is -2.77. The first-order valence-corrected chi connectivity index (χ1v) is 8.78. The number of carbonyl (C=O) groups is 5. The first kappa shape index (κ1) is 26.2. The number of hydrogen-bond acceptors (Lipinski definition) is 8. The molecule has 0 saturated heterocycles. The van der Waals surface area contributed by atoms with Gasteiger partial charge in [0.05, 0.1) is 25.2 Å². The Bertz CT molecular complexity index is 624. The highest BCUT2D eigenvalue weighted by molar-refractivity contribution is 5.95. The molecule has 0 heterocycles. The third kappa shape index (κ3) is 8.85. The maximum atomic E-state index is 12.3. The molecule has 0 aliphatic carbocycles. The summed E-state index contributed by atoms with van der Waals surface area (Å²) >= 11 is 0. The number of carboxylic acids is 1. The molecule has 13 nitrogen and oxygen atoms in total. The molecule has 0 aromatic heterocycles. The molecule has 0 aromatic rings. The molecule has 0 rings (SSSR count). The van der Waals surface area contributed by atoms with Gasteiger partial charge in [0.25, 0.3) is 0 Å². The second kappa shape index (κ2) is 11.9. The zero-order chi connectivity index (χ0) is 22.9. The van der Waals surface area contributed by atoms with Crippen LogP contribution in [0.15, 0.2) is 0 Å². The molecule has 0 spiro atoms. The summed E-state index contributed by atoms with van der Waals surface area (Å²) in [5, 5.41) is 34.5. The lowest BCUT2D eigenvalue weighted by Gasteiger charge is -2.26. The summed E-state index contributed by atoms with van der Waals surface area (Å²) < 4.78 is 0. The van der Waals surface area contributed by atoms with Crippen molar-refractivity contribution in [3.63, 3.8) is 0 Å². The highest BCUT2D eigenvalue weighted by Gasteiger charge is 2.33. The summed E-state index contributed by atoms with van der Waals surface area (Å²) in [6.07, 6.45) is -2.18. The van der Waals surface area contributed by atoms with Crippen molar-refractivity contribution >= 4 is 29.6 Å². The van der Waals surface area contributed by atoms with Crippen molar-refractivity contribution in [3.05, 3.63) is 0 Å². The molecule has 5 atom stereocenters. The molecule has 166 valence electrons. The fourth-order valence-corrected chi connectivity index (χ4v) is 2.09. The molecule has 10 N–H and O–H groups in total. The third-order valence-electron chi connectivity index (χ3n) is 3.92. The molecule has 29 heavy (non-hydrogen) atoms. The van der Waals surface area contributed by atoms with Crippen LogP contribution in [0.2, 0.25) is 0 Å². The number of nitrogens with one attached hydrogen (secondary N) is 3. The number of aliphatic carboxylic acids is 1. The molecule has 13 heteroatoms. The van der Waals surface area contributed by atoms with E-state index in [9.17, 15) is 34.2 Å². The molecular weight excluding hydrogens is 390 g/mol. The van der Waals surface area contributed by atoms with Gasteiger partial charge in [-0.3, -0.25) is 19.2 Å². The van der Waals surface area contributed by atoms with Crippen molar-refractivity contribution in [3.8, 4) is 0 Å². The summed E-state index contributed by atoms with van der Waals surface area (Å²) in [5.41, 5.74) is 10.6. The Balaban J connectivity index is 5.22. The average Bonchev–Trinajstić information content (AvgIpc) is 2.61. The van der Waals surface area contributed by atoms with E-state index in [0.717, 1.165) is 6.92 Å². The first-order valence-electron chi connectivity index (χ1n) is 8.78. The van der Waals surface area contributed by atoms with Crippen LogP contribution in [0.1, 0.15) is 27.2 Å². The van der Waals surface area contributed by atoms with E-state index in [0.29, 0.717) is 0 Å². The number of rotatable bonds is 12. The van der Waals surface area contributed by atoms with Crippen LogP contribution in [0.5, 0.6) is 0 Å². The van der Waals surface area contributed by atoms with Gasteiger partial charge in [0.15, 0.2) is 0 Å². The van der Waals surface area contributed by atoms with Gasteiger partial charge in [-0.25, -0.2) is 4.79 Å². The monoisotopic (exact) mass is 419 g/mol. The van der Waals surface area contributed by atoms with E-state index < -0.39 is 72.9 Å². The predicted molar refractivity (Wildman–Crippen MR) is 98.8 cm³/mol. The standard InChI is InChI=1S/C16H29N5O8/c1-6(2)11(18)14(26)20-9(5-22)13(25)21-12(7(3)23)15(27)19-8(16(28)29)4-10(17)24/h6-9,11-12,22-23H,4-5,18H2,1-3H3,(H2,17,24)(H,19,27)(H,20,26)(H,21,25)(H,28,29). The average molecular weight is 419 g/mol. The van der Waals surface area contributed by atoms with Crippen LogP contribution in [-0.4, -0.2) is 81.8 Å². The van der Waals surface area contributed by atoms with Crippen molar-refractivity contribution in [2.24, 2.45) is 17.4 Å². The Morgan fingerprint density at radius 2 is 1.41 bits per heavy atom. The van der Waals surface area contributed by atoms with E-state index in [1.807, 2.05) is 5.32 Å². The second-order valence-electron chi connectivity index (χ2n) is 6.81. The van der Waals surface area contributed by atoms with E-state index in [4.69, 9.17) is 16.6 Å². The zero-order valence-corrected chi connectivity index (χ0v) is 16.4. The zero-order valence-electron chi connectivity index (χ0n) is 16.4. The van der Waals surface area contributed by atoms with E-state index >= 15 is 0 Å². The van der Waals surface area contributed by atoms with E-state index in [1.54, 1.807) is 13.8 Å². The van der Waals surface area contributed by atoms with E-state index in [-0.39, 0.29) is 5.92 Å². The Labute approximate surface area is 167 Å². The summed E-state index contributed by atoms with van der Waals surface area (Å²) in [6.45, 7) is 3.68. The molecule has 0 fully saturated rings. The highest BCUT2D eigenvalue weighted by Crippen LogP contribution is 2.01. The molecule has 0 aromatic carbocycles. The SMILES string of the molecule is CC(C)C(N)C(=O)NC(CO)C(=O)NC(C(=O)NC(CC(N)=O)C(=O)O)C(C)O. The number of hydrogen-bond donors (Lipinski definition) is 8. The third-order valence-corrected chi connectivity index (χ3v) is 3.92. The van der Waals surface area contributed by atoms with Gasteiger partial charge in [-0.2, -0.15) is 0 Å². The van der Waals surface area contributed by atoms with E-state index in [2.05, 4.69) is 10.6 Å². The maximum Gasteiger partial charge on any atom is 0.326 e. The van der Waals surface area contributed by atoms with Crippen LogP contribution >= 0.6 is 0 Å². The van der Waals surface area contributed by atoms with Gasteiger partial charge in [-0.1, -0.05) is 13.8 Å². The quantitative estimate of drug-likeness (QED) is 0.153. The minimum atomic E-state index is -1.67. The number of aliphatic hydroxyl groups is 2. The van der Waals surface area contributed by atoms with Crippen molar-refractivity contribution < 1.29 is 39.3 Å². The Kier molecular flexibility index (Phi) is 10.8. The van der Waals surface area contributed by atoms with Gasteiger partial charge in [0.1, 0.15) is 18.1 Å². The predicted octanol–water partition coefficient (Wildman–Crippen LogP) is -4.24. The number of primary amides is 1. The van der Waals surface area contributed by atoms with Gasteiger partial charge >= 0.3 is 5.97 Å². The van der Waals surface area contributed by atoms with Crippen LogP contribution < -0.4 is 27.4 Å². The molecule has 0 bridgehead atoms. The summed E-state index contributed by atoms with van der Waals surface area (Å²) in [4.78, 5) is 58.6. The molecule has 0 aliphatic rings. The lowest BCUT2D eigenvalue weighted by molar-refractivity contribution is -0.144. The van der Waals surface area contributed by atoms with Crippen LogP contribution in [0.25, 0.3) is 0 Å². The van der Waals surface area contributed by atoms with Crippen LogP contribution in [0, 0.1) is 5.92 Å². The number of carbonyl (C=O) groups excluding carboxylic acids is 4. The van der Waals surface area contributed by atoms with Crippen LogP contribution in [0.4, 0.5) is 0 Å². The summed E-state index contributed by atoms with van der Waals surface area (Å²) in [6, 6.07) is -5.72. The fourth-order valence-electron chi connectivity index (χ4n) is 2.09. The summed E-state index contributed by atoms with van der Waals surface area (Å²) in [5.74, 6) is -5.61. The Morgan fingerprint density at radius 3 is 1.79 bits per heavy atom. The molecule has 0 aliphatic heterocycles. The van der Waals surface area contributed by atoms with Crippen LogP contribution in [-0.2, 0) is 24.0 Å². The fraction of sp³-hybridized carbons (Fsp3) is 0.688. The van der Waals surface area contributed by atoms with Gasteiger partial charge < -0.3 is 42.7 Å². The molecule has 0 radical (unpaired) electrons. The van der Waals surface area contributed by atoms with Crippen molar-refractivity contribution in [2.45, 2.75) is 57.5 Å². The number of carboxylic acid groups (broad SMARTS) is 1. The molecule has 5 unspecified atom stereocenters. The lowest BCUT2D eigenvalue weighted by Crippen LogP contribution is -2.61. The van der Waals surface area contributed by atoms with Gasteiger partial charge in [-0.15, -0.1) is 0 Å². The van der Waals surface area contributed by atoms with E-state index in [1.165, 1.54) is 0 Å². The number of nitrogens with two attached hydrogens (primary N) is 2. The van der Waals surface area contributed by atoms with Crippen LogP contribution in [0.3, 0.4) is 0 Å². The topological polar surface area (TPSA) is 234 Å². The summed E-state index contributed by atoms with van der Waals surface area (Å²) in [7, 11) is 0. The second-order valence-corrected chi connectivity index (χ2v) is 6.81. The largest absolute Gasteiger partial charge is 0.480 e. The maximum absolute atomic E-state index is 12.3. The van der Waals surface area contributed by atoms with Crippen molar-refractivity contribution in [2.75, 3.05) is 6.61 Å². The molecule has 0 saturated carbocycles. The Morgan fingerprint density at radius 1 is 0.897 bits per heavy atom. The normalized spacial score (nSPS) is 16.1. The number of amides is 4. The number of aliphatic hydroxyl groups excluding tert-OH is 2. The van der Waals surface area contributed by atoms with Gasteiger partial charge in [0.2, 0.25) is 23.6 Å². The van der Waals surface area contributed by atoms with Gasteiger partial charge in [0, 0.05) is 0 Å². The smallest absolute Gasteiger partial charge is 0.326 e. The van der Waals surface area contributed by atoms with Crippen molar-refractivity contribution in [1.82, 2.24) is 16.0 Å². The minimum Gasteiger partial charge on any atom is -0.480 e. The lowest BCUT2D eigenvalue weighted by atomic mass is 10.0. The molecule has 4 amide bonds. The van der Waals surface area contributed by atoms with Gasteiger partial charge in [-0.05, 0) is 12.8 Å².